The number of nitrogens with zero attached hydrogens (tertiary/aromatic N) is 1. The summed E-state index contributed by atoms with van der Waals surface area (Å²) in [4.78, 5) is 15.1. The third-order valence-electron chi connectivity index (χ3n) is 5.51. The van der Waals surface area contributed by atoms with E-state index >= 15 is 0 Å². The smallest absolute Gasteiger partial charge is 0.319 e. The molecule has 0 radical (unpaired) electrons. The summed E-state index contributed by atoms with van der Waals surface area (Å²) in [6.45, 7) is 5.61. The molecule has 1 fully saturated rings. The molecule has 0 saturated carbocycles. The number of carbonyl (C=O) groups excluding carboxylic acids is 1. The molecule has 0 aliphatic carbocycles. The van der Waals surface area contributed by atoms with Crippen molar-refractivity contribution in [2.24, 2.45) is 0 Å². The monoisotopic (exact) mass is 379 g/mol. The molecule has 0 bridgehead atoms. The van der Waals surface area contributed by atoms with Gasteiger partial charge in [-0.25, -0.2) is 4.79 Å². The number of unbranched alkanes of at least 4 members (excludes halogenated alkanes) is 3. The van der Waals surface area contributed by atoms with Crippen molar-refractivity contribution in [2.75, 3.05) is 25.0 Å². The van der Waals surface area contributed by atoms with Gasteiger partial charge in [-0.1, -0.05) is 74.7 Å². The lowest BCUT2D eigenvalue weighted by Gasteiger charge is -2.32. The number of anilines is 1. The molecular weight excluding hydrogens is 346 g/mol. The van der Waals surface area contributed by atoms with Crippen molar-refractivity contribution < 1.29 is 4.79 Å². The van der Waals surface area contributed by atoms with Gasteiger partial charge in [0, 0.05) is 24.7 Å². The quantitative estimate of drug-likeness (QED) is 0.593. The summed E-state index contributed by atoms with van der Waals surface area (Å²) < 4.78 is 0. The fourth-order valence-electron chi connectivity index (χ4n) is 3.87. The predicted octanol–water partition coefficient (Wildman–Crippen LogP) is 5.52. The van der Waals surface area contributed by atoms with E-state index in [0.29, 0.717) is 0 Å². The number of piperidine rings is 1. The van der Waals surface area contributed by atoms with Crippen LogP contribution in [-0.2, 0) is 0 Å². The third-order valence-corrected chi connectivity index (χ3v) is 5.51. The minimum atomic E-state index is -0.107. The number of carbonyl (C=O) groups is 1. The van der Waals surface area contributed by atoms with E-state index in [1.165, 1.54) is 32.2 Å². The summed E-state index contributed by atoms with van der Waals surface area (Å²) in [6, 6.07) is 18.3. The van der Waals surface area contributed by atoms with Gasteiger partial charge in [-0.05, 0) is 37.4 Å². The van der Waals surface area contributed by atoms with E-state index in [1.54, 1.807) is 0 Å². The molecule has 4 nitrogen and oxygen atoms in total. The SMILES string of the molecule is CCCCCCN1CCC(NC(=O)Nc2ccccc2-c2ccccc2)CC1. The van der Waals surface area contributed by atoms with Crippen LogP contribution in [0.2, 0.25) is 0 Å². The van der Waals surface area contributed by atoms with Crippen LogP contribution in [0.1, 0.15) is 45.4 Å². The average Bonchev–Trinajstić information content (AvgIpc) is 2.73. The molecule has 28 heavy (non-hydrogen) atoms. The first-order valence-corrected chi connectivity index (χ1v) is 10.7. The van der Waals surface area contributed by atoms with Gasteiger partial charge in [-0.3, -0.25) is 0 Å². The van der Waals surface area contributed by atoms with Gasteiger partial charge in [0.25, 0.3) is 0 Å². The van der Waals surface area contributed by atoms with Crippen molar-refractivity contribution in [1.82, 2.24) is 10.2 Å². The van der Waals surface area contributed by atoms with Gasteiger partial charge in [-0.2, -0.15) is 0 Å². The Morgan fingerprint density at radius 3 is 2.43 bits per heavy atom. The molecular formula is C24H33N3O. The van der Waals surface area contributed by atoms with Crippen molar-refractivity contribution in [2.45, 2.75) is 51.5 Å². The minimum Gasteiger partial charge on any atom is -0.335 e. The Hall–Kier alpha value is -2.33. The Balaban J connectivity index is 1.47. The van der Waals surface area contributed by atoms with E-state index in [0.717, 1.165) is 42.7 Å². The first kappa shape index (κ1) is 20.4. The maximum absolute atomic E-state index is 12.6. The molecule has 0 spiro atoms. The normalized spacial score (nSPS) is 15.3. The molecule has 1 saturated heterocycles. The fraction of sp³-hybridized carbons (Fsp3) is 0.458. The van der Waals surface area contributed by atoms with Crippen molar-refractivity contribution in [3.05, 3.63) is 54.6 Å². The molecule has 0 aromatic heterocycles. The van der Waals surface area contributed by atoms with Crippen LogP contribution in [0.4, 0.5) is 10.5 Å². The van der Waals surface area contributed by atoms with Crippen molar-refractivity contribution in [3.8, 4) is 11.1 Å². The van der Waals surface area contributed by atoms with Crippen LogP contribution in [0.25, 0.3) is 11.1 Å². The van der Waals surface area contributed by atoms with E-state index in [9.17, 15) is 4.79 Å². The topological polar surface area (TPSA) is 44.4 Å². The van der Waals surface area contributed by atoms with Crippen LogP contribution in [0.15, 0.2) is 54.6 Å². The zero-order chi connectivity index (χ0) is 19.6. The highest BCUT2D eigenvalue weighted by atomic mass is 16.2. The van der Waals surface area contributed by atoms with Crippen molar-refractivity contribution >= 4 is 11.7 Å². The zero-order valence-corrected chi connectivity index (χ0v) is 17.0. The van der Waals surface area contributed by atoms with Crippen molar-refractivity contribution in [3.63, 3.8) is 0 Å². The summed E-state index contributed by atoms with van der Waals surface area (Å²) in [7, 11) is 0. The number of amides is 2. The summed E-state index contributed by atoms with van der Waals surface area (Å²) >= 11 is 0. The summed E-state index contributed by atoms with van der Waals surface area (Å²) in [6.07, 6.45) is 7.31. The number of nitrogens with one attached hydrogen (secondary N) is 2. The highest BCUT2D eigenvalue weighted by Gasteiger charge is 2.20. The van der Waals surface area contributed by atoms with E-state index < -0.39 is 0 Å². The van der Waals surface area contributed by atoms with Gasteiger partial charge < -0.3 is 15.5 Å². The Kier molecular flexibility index (Phi) is 7.92. The standard InChI is InChI=1S/C24H33N3O/c1-2-3-4-10-17-27-18-15-21(16-19-27)25-24(28)26-23-14-9-8-13-22(23)20-11-6-5-7-12-20/h5-9,11-14,21H,2-4,10,15-19H2,1H3,(H2,25,26,28). The molecule has 1 aliphatic rings. The first-order chi connectivity index (χ1) is 13.8. The van der Waals surface area contributed by atoms with E-state index in [-0.39, 0.29) is 12.1 Å². The van der Waals surface area contributed by atoms with Crippen LogP contribution in [0.3, 0.4) is 0 Å². The fourth-order valence-corrected chi connectivity index (χ4v) is 3.87. The molecule has 2 aromatic carbocycles. The molecule has 2 aromatic rings. The molecule has 2 amide bonds. The second-order valence-electron chi connectivity index (χ2n) is 7.69. The number of para-hydroxylation sites is 1. The van der Waals surface area contributed by atoms with Gasteiger partial charge >= 0.3 is 6.03 Å². The second-order valence-corrected chi connectivity index (χ2v) is 7.69. The van der Waals surface area contributed by atoms with E-state index in [2.05, 4.69) is 34.6 Å². The Morgan fingerprint density at radius 1 is 0.964 bits per heavy atom. The van der Waals surface area contributed by atoms with Gasteiger partial charge in [0.05, 0.1) is 5.69 Å². The van der Waals surface area contributed by atoms with Crippen LogP contribution in [0, 0.1) is 0 Å². The molecule has 1 aliphatic heterocycles. The first-order valence-electron chi connectivity index (χ1n) is 10.7. The second kappa shape index (κ2) is 10.9. The molecule has 0 atom stereocenters. The van der Waals surface area contributed by atoms with Crippen LogP contribution >= 0.6 is 0 Å². The number of likely N-dealkylation sites (tertiary alicyclic amines) is 1. The van der Waals surface area contributed by atoms with E-state index in [4.69, 9.17) is 0 Å². The number of hydrogen-bond donors (Lipinski definition) is 2. The molecule has 3 rings (SSSR count). The van der Waals surface area contributed by atoms with Crippen LogP contribution in [0.5, 0.6) is 0 Å². The third kappa shape index (κ3) is 6.10. The van der Waals surface area contributed by atoms with Crippen molar-refractivity contribution in [1.29, 1.82) is 0 Å². The lowest BCUT2D eigenvalue weighted by molar-refractivity contribution is 0.193. The number of hydrogen-bond acceptors (Lipinski definition) is 2. The van der Waals surface area contributed by atoms with Crippen LogP contribution in [-0.4, -0.2) is 36.6 Å². The number of benzene rings is 2. The van der Waals surface area contributed by atoms with E-state index in [1.807, 2.05) is 42.5 Å². The molecule has 150 valence electrons. The van der Waals surface area contributed by atoms with Gasteiger partial charge in [0.1, 0.15) is 0 Å². The number of rotatable bonds is 8. The summed E-state index contributed by atoms with van der Waals surface area (Å²) in [5, 5.41) is 6.22. The molecule has 2 N–H and O–H groups in total. The Labute approximate surface area is 169 Å². The molecule has 0 unspecified atom stereocenters. The minimum absolute atomic E-state index is 0.107. The summed E-state index contributed by atoms with van der Waals surface area (Å²) in [5.74, 6) is 0. The summed E-state index contributed by atoms with van der Waals surface area (Å²) in [5.41, 5.74) is 2.99. The predicted molar refractivity (Wildman–Crippen MR) is 118 cm³/mol. The highest BCUT2D eigenvalue weighted by Crippen LogP contribution is 2.27. The van der Waals surface area contributed by atoms with Gasteiger partial charge in [-0.15, -0.1) is 0 Å². The average molecular weight is 380 g/mol. The molecule has 1 heterocycles. The number of urea groups is 1. The van der Waals surface area contributed by atoms with Gasteiger partial charge in [0.2, 0.25) is 0 Å². The lowest BCUT2D eigenvalue weighted by atomic mass is 10.0. The highest BCUT2D eigenvalue weighted by molar-refractivity contribution is 5.94. The Morgan fingerprint density at radius 2 is 1.68 bits per heavy atom. The maximum atomic E-state index is 12.6. The Bertz CT molecular complexity index is 724. The van der Waals surface area contributed by atoms with Crippen LogP contribution < -0.4 is 10.6 Å². The lowest BCUT2D eigenvalue weighted by Crippen LogP contribution is -2.46. The largest absolute Gasteiger partial charge is 0.335 e. The maximum Gasteiger partial charge on any atom is 0.319 e. The zero-order valence-electron chi connectivity index (χ0n) is 17.0. The van der Waals surface area contributed by atoms with Gasteiger partial charge in [0.15, 0.2) is 0 Å². The molecule has 4 heteroatoms.